The second-order valence-electron chi connectivity index (χ2n) is 6.49. The number of hydrogen-bond acceptors (Lipinski definition) is 5. The summed E-state index contributed by atoms with van der Waals surface area (Å²) in [6.45, 7) is 6.83. The molecular weight excluding hydrogens is 333 g/mol. The molecule has 0 radical (unpaired) electrons. The van der Waals surface area contributed by atoms with Crippen LogP contribution in [0.1, 0.15) is 30.8 Å². The highest BCUT2D eigenvalue weighted by molar-refractivity contribution is 5.92. The van der Waals surface area contributed by atoms with Gasteiger partial charge in [0.15, 0.2) is 11.5 Å². The maximum atomic E-state index is 13.9. The predicted molar refractivity (Wildman–Crippen MR) is 100 cm³/mol. The lowest BCUT2D eigenvalue weighted by molar-refractivity contribution is 0.0933. The minimum atomic E-state index is -0.206. The average Bonchev–Trinajstić information content (AvgIpc) is 2.68. The molecule has 1 aliphatic rings. The van der Waals surface area contributed by atoms with Crippen LogP contribution in [0.4, 0.5) is 15.9 Å². The Morgan fingerprint density at radius 1 is 1.12 bits per heavy atom. The monoisotopic (exact) mass is 357 g/mol. The predicted octanol–water partition coefficient (Wildman–Crippen LogP) is 2.47. The number of anilines is 2. The summed E-state index contributed by atoms with van der Waals surface area (Å²) in [6.07, 6.45) is 0.865. The molecule has 0 saturated carbocycles. The summed E-state index contributed by atoms with van der Waals surface area (Å²) in [4.78, 5) is 16.2. The van der Waals surface area contributed by atoms with E-state index >= 15 is 0 Å². The zero-order chi connectivity index (χ0) is 18.5. The van der Waals surface area contributed by atoms with Crippen LogP contribution in [-0.4, -0.2) is 48.3 Å². The largest absolute Gasteiger partial charge is 0.366 e. The molecule has 138 valence electrons. The van der Waals surface area contributed by atoms with Gasteiger partial charge in [0, 0.05) is 32.2 Å². The molecule has 3 rings (SSSR count). The number of rotatable bonds is 5. The van der Waals surface area contributed by atoms with Crippen LogP contribution in [0, 0.1) is 5.82 Å². The molecule has 1 fully saturated rings. The Morgan fingerprint density at radius 3 is 2.42 bits per heavy atom. The number of para-hydroxylation sites is 1. The number of carbonyl (C=O) groups excluding carboxylic acids is 1. The van der Waals surface area contributed by atoms with Crippen LogP contribution in [-0.2, 0) is 0 Å². The van der Waals surface area contributed by atoms with Gasteiger partial charge in [0.1, 0.15) is 5.82 Å². The highest BCUT2D eigenvalue weighted by Gasteiger charge is 2.21. The smallest absolute Gasteiger partial charge is 0.272 e. The molecule has 2 aromatic rings. The van der Waals surface area contributed by atoms with Crippen molar-refractivity contribution < 1.29 is 9.18 Å². The Kier molecular flexibility index (Phi) is 5.65. The Balaban J connectivity index is 1.60. The second kappa shape index (κ2) is 8.12. The number of carbonyl (C=O) groups is 1. The molecule has 1 saturated heterocycles. The van der Waals surface area contributed by atoms with Crippen molar-refractivity contribution in [2.45, 2.75) is 26.3 Å². The number of piperazine rings is 1. The Hall–Kier alpha value is -2.70. The zero-order valence-electron chi connectivity index (χ0n) is 15.2. The van der Waals surface area contributed by atoms with Crippen LogP contribution in [0.2, 0.25) is 0 Å². The van der Waals surface area contributed by atoms with E-state index in [1.807, 2.05) is 30.9 Å². The van der Waals surface area contributed by atoms with E-state index in [1.165, 1.54) is 6.07 Å². The molecule has 0 bridgehead atoms. The lowest BCUT2D eigenvalue weighted by Crippen LogP contribution is -2.47. The van der Waals surface area contributed by atoms with E-state index < -0.39 is 0 Å². The van der Waals surface area contributed by atoms with Gasteiger partial charge in [0.25, 0.3) is 5.91 Å². The number of amides is 1. The molecule has 1 unspecified atom stereocenters. The van der Waals surface area contributed by atoms with Gasteiger partial charge in [-0.2, -0.15) is 0 Å². The fraction of sp³-hybridized carbons (Fsp3) is 0.421. The third-order valence-electron chi connectivity index (χ3n) is 4.67. The molecule has 0 spiro atoms. The maximum Gasteiger partial charge on any atom is 0.272 e. The van der Waals surface area contributed by atoms with Crippen LogP contribution in [0.25, 0.3) is 0 Å². The first kappa shape index (κ1) is 18.1. The standard InChI is InChI=1S/C19H24FN5O/c1-3-14(2)21-19(26)16-8-9-18(23-22-16)25-12-10-24(11-13-25)17-7-5-4-6-15(17)20/h4-9,14H,3,10-13H2,1-2H3,(H,21,26). The molecule has 1 amide bonds. The molecule has 2 heterocycles. The number of aromatic nitrogens is 2. The van der Waals surface area contributed by atoms with Gasteiger partial charge in [-0.15, -0.1) is 10.2 Å². The topological polar surface area (TPSA) is 61.4 Å². The van der Waals surface area contributed by atoms with Crippen molar-refractivity contribution in [3.05, 3.63) is 47.9 Å². The van der Waals surface area contributed by atoms with Crippen molar-refractivity contribution in [3.63, 3.8) is 0 Å². The van der Waals surface area contributed by atoms with Gasteiger partial charge in [0.2, 0.25) is 0 Å². The zero-order valence-corrected chi connectivity index (χ0v) is 15.2. The fourth-order valence-corrected chi connectivity index (χ4v) is 2.90. The van der Waals surface area contributed by atoms with Gasteiger partial charge in [0.05, 0.1) is 5.69 Å². The van der Waals surface area contributed by atoms with Crippen molar-refractivity contribution in [1.29, 1.82) is 0 Å². The summed E-state index contributed by atoms with van der Waals surface area (Å²) in [5.41, 5.74) is 0.953. The van der Waals surface area contributed by atoms with E-state index in [2.05, 4.69) is 20.4 Å². The number of benzene rings is 1. The van der Waals surface area contributed by atoms with E-state index in [0.29, 0.717) is 24.5 Å². The molecule has 1 aromatic heterocycles. The molecule has 26 heavy (non-hydrogen) atoms. The van der Waals surface area contributed by atoms with Crippen LogP contribution in [0.3, 0.4) is 0 Å². The summed E-state index contributed by atoms with van der Waals surface area (Å²) in [6, 6.07) is 10.4. The Morgan fingerprint density at radius 2 is 1.81 bits per heavy atom. The number of nitrogens with zero attached hydrogens (tertiary/aromatic N) is 4. The molecule has 1 aliphatic heterocycles. The highest BCUT2D eigenvalue weighted by Crippen LogP contribution is 2.21. The molecular formula is C19H24FN5O. The van der Waals surface area contributed by atoms with Gasteiger partial charge in [-0.05, 0) is 37.6 Å². The summed E-state index contributed by atoms with van der Waals surface area (Å²) < 4.78 is 13.9. The van der Waals surface area contributed by atoms with Crippen molar-refractivity contribution in [3.8, 4) is 0 Å². The molecule has 6 nitrogen and oxygen atoms in total. The summed E-state index contributed by atoms with van der Waals surface area (Å²) in [5.74, 6) is 0.332. The van der Waals surface area contributed by atoms with Gasteiger partial charge in [-0.25, -0.2) is 4.39 Å². The molecule has 0 aliphatic carbocycles. The molecule has 1 aromatic carbocycles. The number of nitrogens with one attached hydrogen (secondary N) is 1. The normalized spacial score (nSPS) is 15.7. The first-order valence-corrected chi connectivity index (χ1v) is 8.97. The Labute approximate surface area is 153 Å². The lowest BCUT2D eigenvalue weighted by Gasteiger charge is -2.36. The van der Waals surface area contributed by atoms with Crippen LogP contribution >= 0.6 is 0 Å². The maximum absolute atomic E-state index is 13.9. The molecule has 1 N–H and O–H groups in total. The summed E-state index contributed by atoms with van der Waals surface area (Å²) in [7, 11) is 0. The van der Waals surface area contributed by atoms with E-state index in [9.17, 15) is 9.18 Å². The van der Waals surface area contributed by atoms with Crippen LogP contribution in [0.5, 0.6) is 0 Å². The van der Waals surface area contributed by atoms with Crippen molar-refractivity contribution in [2.24, 2.45) is 0 Å². The molecule has 7 heteroatoms. The third-order valence-corrected chi connectivity index (χ3v) is 4.67. The van der Waals surface area contributed by atoms with Crippen molar-refractivity contribution >= 4 is 17.4 Å². The summed E-state index contributed by atoms with van der Waals surface area (Å²) >= 11 is 0. The average molecular weight is 357 g/mol. The van der Waals surface area contributed by atoms with Gasteiger partial charge >= 0.3 is 0 Å². The van der Waals surface area contributed by atoms with Gasteiger partial charge in [-0.3, -0.25) is 4.79 Å². The van der Waals surface area contributed by atoms with E-state index in [-0.39, 0.29) is 17.8 Å². The minimum absolute atomic E-state index is 0.107. The minimum Gasteiger partial charge on any atom is -0.366 e. The van der Waals surface area contributed by atoms with E-state index in [1.54, 1.807) is 18.2 Å². The Bertz CT molecular complexity index is 744. The van der Waals surface area contributed by atoms with E-state index in [4.69, 9.17) is 0 Å². The highest BCUT2D eigenvalue weighted by atomic mass is 19.1. The first-order chi connectivity index (χ1) is 12.6. The SMILES string of the molecule is CCC(C)NC(=O)c1ccc(N2CCN(c3ccccc3F)CC2)nn1. The van der Waals surface area contributed by atoms with E-state index in [0.717, 1.165) is 25.3 Å². The summed E-state index contributed by atoms with van der Waals surface area (Å²) in [5, 5.41) is 11.1. The van der Waals surface area contributed by atoms with Crippen LogP contribution in [0.15, 0.2) is 36.4 Å². The van der Waals surface area contributed by atoms with Crippen molar-refractivity contribution in [2.75, 3.05) is 36.0 Å². The van der Waals surface area contributed by atoms with Crippen LogP contribution < -0.4 is 15.1 Å². The lowest BCUT2D eigenvalue weighted by atomic mass is 10.2. The second-order valence-corrected chi connectivity index (χ2v) is 6.49. The fourth-order valence-electron chi connectivity index (χ4n) is 2.90. The van der Waals surface area contributed by atoms with Gasteiger partial charge < -0.3 is 15.1 Å². The number of hydrogen-bond donors (Lipinski definition) is 1. The van der Waals surface area contributed by atoms with Crippen molar-refractivity contribution in [1.82, 2.24) is 15.5 Å². The number of halogens is 1. The third kappa shape index (κ3) is 4.09. The quantitative estimate of drug-likeness (QED) is 0.891. The first-order valence-electron chi connectivity index (χ1n) is 8.97. The molecule has 1 atom stereocenters. The van der Waals surface area contributed by atoms with Gasteiger partial charge in [-0.1, -0.05) is 19.1 Å².